The molecule has 0 aliphatic carbocycles. The summed E-state index contributed by atoms with van der Waals surface area (Å²) in [6.45, 7) is 2.53. The number of rotatable bonds is 5. The molecule has 5 nitrogen and oxygen atoms in total. The summed E-state index contributed by atoms with van der Waals surface area (Å²) < 4.78 is 1.40. The summed E-state index contributed by atoms with van der Waals surface area (Å²) in [6.07, 6.45) is 3.21. The van der Waals surface area contributed by atoms with Crippen molar-refractivity contribution in [2.45, 2.75) is 26.3 Å². The first-order chi connectivity index (χ1) is 9.59. The third-order valence-corrected chi connectivity index (χ3v) is 3.30. The van der Waals surface area contributed by atoms with Crippen LogP contribution in [0.3, 0.4) is 0 Å². The molecular weight excluding hydrogens is 256 g/mol. The van der Waals surface area contributed by atoms with Gasteiger partial charge in [-0.25, -0.2) is 0 Å². The Hall–Kier alpha value is -2.43. The molecule has 0 saturated heterocycles. The molecule has 0 spiro atoms. The summed E-state index contributed by atoms with van der Waals surface area (Å²) in [6, 6.07) is 10.9. The van der Waals surface area contributed by atoms with E-state index >= 15 is 0 Å². The van der Waals surface area contributed by atoms with Gasteiger partial charge in [0.25, 0.3) is 0 Å². The van der Waals surface area contributed by atoms with Gasteiger partial charge in [0.05, 0.1) is 4.92 Å². The third kappa shape index (κ3) is 3.12. The molecule has 0 N–H and O–H groups in total. The molecule has 0 saturated carbocycles. The Morgan fingerprint density at radius 2 is 1.95 bits per heavy atom. The Labute approximate surface area is 116 Å². The Bertz CT molecular complexity index is 677. The van der Waals surface area contributed by atoms with E-state index in [9.17, 15) is 14.9 Å². The van der Waals surface area contributed by atoms with Crippen LogP contribution in [-0.4, -0.2) is 9.49 Å². The average molecular weight is 272 g/mol. The van der Waals surface area contributed by atoms with Crippen molar-refractivity contribution in [1.82, 2.24) is 4.57 Å². The van der Waals surface area contributed by atoms with Crippen molar-refractivity contribution in [2.75, 3.05) is 0 Å². The van der Waals surface area contributed by atoms with E-state index in [1.165, 1.54) is 27.8 Å². The second-order valence-corrected chi connectivity index (χ2v) is 4.68. The summed E-state index contributed by atoms with van der Waals surface area (Å²) in [5.41, 5.74) is 1.55. The minimum Gasteiger partial charge on any atom is -0.310 e. The van der Waals surface area contributed by atoms with Crippen LogP contribution in [0.15, 0.2) is 47.4 Å². The van der Waals surface area contributed by atoms with Crippen LogP contribution in [0.2, 0.25) is 0 Å². The molecule has 0 bridgehead atoms. The molecular formula is C15H16N2O3. The lowest BCUT2D eigenvalue weighted by Crippen LogP contribution is -2.22. The standard InChI is InChI=1S/C15H16N2O3/c1-12-6-2-3-7-13(12)8-4-10-16-11-5-9-14(15(16)18)17(19)20/h2-3,5-7,9,11H,4,8,10H2,1H3. The Kier molecular flexibility index (Phi) is 4.30. The number of hydrogen-bond acceptors (Lipinski definition) is 3. The van der Waals surface area contributed by atoms with E-state index in [1.807, 2.05) is 12.1 Å². The number of hydrogen-bond donors (Lipinski definition) is 0. The normalized spacial score (nSPS) is 10.4. The molecule has 20 heavy (non-hydrogen) atoms. The zero-order valence-electron chi connectivity index (χ0n) is 11.3. The van der Waals surface area contributed by atoms with Gasteiger partial charge in [-0.15, -0.1) is 0 Å². The highest BCUT2D eigenvalue weighted by molar-refractivity contribution is 5.26. The summed E-state index contributed by atoms with van der Waals surface area (Å²) in [4.78, 5) is 21.9. The van der Waals surface area contributed by atoms with Gasteiger partial charge in [0.2, 0.25) is 0 Å². The largest absolute Gasteiger partial charge is 0.334 e. The fourth-order valence-electron chi connectivity index (χ4n) is 2.17. The topological polar surface area (TPSA) is 65.1 Å². The fourth-order valence-corrected chi connectivity index (χ4v) is 2.17. The van der Waals surface area contributed by atoms with E-state index in [4.69, 9.17) is 0 Å². The molecule has 1 aromatic heterocycles. The predicted octanol–water partition coefficient (Wildman–Crippen LogP) is 2.70. The lowest BCUT2D eigenvalue weighted by molar-refractivity contribution is -0.386. The van der Waals surface area contributed by atoms with Gasteiger partial charge in [-0.05, 0) is 37.0 Å². The van der Waals surface area contributed by atoms with Crippen molar-refractivity contribution in [3.63, 3.8) is 0 Å². The van der Waals surface area contributed by atoms with Crippen LogP contribution in [0.4, 0.5) is 5.69 Å². The zero-order valence-corrected chi connectivity index (χ0v) is 11.3. The number of nitro groups is 1. The Balaban J connectivity index is 2.05. The van der Waals surface area contributed by atoms with E-state index in [-0.39, 0.29) is 5.69 Å². The molecule has 0 atom stereocenters. The van der Waals surface area contributed by atoms with Crippen LogP contribution in [0.1, 0.15) is 17.5 Å². The molecule has 1 aromatic carbocycles. The maximum Gasteiger partial charge on any atom is 0.334 e. The van der Waals surface area contributed by atoms with E-state index < -0.39 is 10.5 Å². The molecule has 2 rings (SSSR count). The van der Waals surface area contributed by atoms with Crippen molar-refractivity contribution in [3.8, 4) is 0 Å². The second-order valence-electron chi connectivity index (χ2n) is 4.68. The van der Waals surface area contributed by atoms with Gasteiger partial charge in [-0.1, -0.05) is 24.3 Å². The lowest BCUT2D eigenvalue weighted by Gasteiger charge is -2.07. The van der Waals surface area contributed by atoms with Gasteiger partial charge in [-0.3, -0.25) is 14.9 Å². The minimum atomic E-state index is -0.639. The zero-order chi connectivity index (χ0) is 14.5. The highest BCUT2D eigenvalue weighted by Gasteiger charge is 2.12. The molecule has 0 radical (unpaired) electrons. The van der Waals surface area contributed by atoms with Crippen molar-refractivity contribution in [3.05, 3.63) is 74.2 Å². The van der Waals surface area contributed by atoms with Crippen molar-refractivity contribution < 1.29 is 4.92 Å². The predicted molar refractivity (Wildman–Crippen MR) is 76.9 cm³/mol. The van der Waals surface area contributed by atoms with E-state index in [1.54, 1.807) is 6.20 Å². The summed E-state index contributed by atoms with van der Waals surface area (Å²) >= 11 is 0. The van der Waals surface area contributed by atoms with E-state index in [2.05, 4.69) is 19.1 Å². The van der Waals surface area contributed by atoms with Gasteiger partial charge >= 0.3 is 11.2 Å². The molecule has 0 unspecified atom stereocenters. The van der Waals surface area contributed by atoms with Crippen LogP contribution >= 0.6 is 0 Å². The average Bonchev–Trinajstić information content (AvgIpc) is 2.42. The third-order valence-electron chi connectivity index (χ3n) is 3.30. The second kappa shape index (κ2) is 6.14. The van der Waals surface area contributed by atoms with Crippen LogP contribution in [0.25, 0.3) is 0 Å². The highest BCUT2D eigenvalue weighted by Crippen LogP contribution is 2.10. The Morgan fingerprint density at radius 3 is 2.65 bits per heavy atom. The summed E-state index contributed by atoms with van der Waals surface area (Å²) in [5.74, 6) is 0. The maximum absolute atomic E-state index is 11.8. The SMILES string of the molecule is Cc1ccccc1CCCn1cccc([N+](=O)[O-])c1=O. The number of aromatic nitrogens is 1. The van der Waals surface area contributed by atoms with Crippen molar-refractivity contribution in [1.29, 1.82) is 0 Å². The van der Waals surface area contributed by atoms with Gasteiger partial charge in [-0.2, -0.15) is 0 Å². The first-order valence-electron chi connectivity index (χ1n) is 6.48. The number of aryl methyl sites for hydroxylation is 3. The fraction of sp³-hybridized carbons (Fsp3) is 0.267. The molecule has 2 aromatic rings. The lowest BCUT2D eigenvalue weighted by atomic mass is 10.0. The number of pyridine rings is 1. The van der Waals surface area contributed by atoms with Crippen molar-refractivity contribution >= 4 is 5.69 Å². The molecule has 5 heteroatoms. The number of nitrogens with zero attached hydrogens (tertiary/aromatic N) is 2. The van der Waals surface area contributed by atoms with Crippen LogP contribution in [0, 0.1) is 17.0 Å². The van der Waals surface area contributed by atoms with Gasteiger partial charge in [0.1, 0.15) is 0 Å². The van der Waals surface area contributed by atoms with Crippen LogP contribution < -0.4 is 5.56 Å². The monoisotopic (exact) mass is 272 g/mol. The maximum atomic E-state index is 11.8. The van der Waals surface area contributed by atoms with Crippen molar-refractivity contribution in [2.24, 2.45) is 0 Å². The Morgan fingerprint density at radius 1 is 1.20 bits per heavy atom. The summed E-state index contributed by atoms with van der Waals surface area (Å²) in [7, 11) is 0. The first kappa shape index (κ1) is 14.0. The van der Waals surface area contributed by atoms with Gasteiger partial charge in [0.15, 0.2) is 0 Å². The van der Waals surface area contributed by atoms with E-state index in [0.29, 0.717) is 6.54 Å². The molecule has 0 amide bonds. The molecule has 0 fully saturated rings. The highest BCUT2D eigenvalue weighted by atomic mass is 16.6. The van der Waals surface area contributed by atoms with Crippen LogP contribution in [-0.2, 0) is 13.0 Å². The van der Waals surface area contributed by atoms with Gasteiger partial charge < -0.3 is 4.57 Å². The van der Waals surface area contributed by atoms with Crippen LogP contribution in [0.5, 0.6) is 0 Å². The molecule has 1 heterocycles. The van der Waals surface area contributed by atoms with E-state index in [0.717, 1.165) is 12.8 Å². The molecule has 0 aliphatic heterocycles. The smallest absolute Gasteiger partial charge is 0.310 e. The van der Waals surface area contributed by atoms with Gasteiger partial charge in [0, 0.05) is 18.8 Å². The summed E-state index contributed by atoms with van der Waals surface area (Å²) in [5, 5.41) is 10.7. The molecule has 104 valence electrons. The first-order valence-corrected chi connectivity index (χ1v) is 6.48. The minimum absolute atomic E-state index is 0.372. The quantitative estimate of drug-likeness (QED) is 0.621. The number of benzene rings is 1. The molecule has 0 aliphatic rings.